The number of aryl methyl sites for hydroxylation is 2. The van der Waals surface area contributed by atoms with Gasteiger partial charge in [0.05, 0.1) is 11.3 Å². The summed E-state index contributed by atoms with van der Waals surface area (Å²) in [5.41, 5.74) is 2.98. The van der Waals surface area contributed by atoms with Gasteiger partial charge in [-0.15, -0.1) is 0 Å². The number of ether oxygens (including phenoxy) is 1. The van der Waals surface area contributed by atoms with Gasteiger partial charge in [-0.05, 0) is 51.8 Å². The average Bonchev–Trinajstić information content (AvgIpc) is 2.83. The number of aliphatic hydroxyl groups excluding tert-OH is 1. The minimum Gasteiger partial charge on any atom is -0.489 e. The number of benzene rings is 1. The quantitative estimate of drug-likeness (QED) is 0.783. The van der Waals surface area contributed by atoms with Crippen molar-refractivity contribution < 1.29 is 14.4 Å². The Hall–Kier alpha value is -1.85. The lowest BCUT2D eigenvalue weighted by molar-refractivity contribution is 0.230. The number of aliphatic hydroxyl groups is 1. The molecule has 2 rings (SSSR count). The van der Waals surface area contributed by atoms with Crippen LogP contribution in [0.3, 0.4) is 0 Å². The van der Waals surface area contributed by atoms with E-state index < -0.39 is 0 Å². The highest BCUT2D eigenvalue weighted by atomic mass is 16.5. The van der Waals surface area contributed by atoms with E-state index in [4.69, 9.17) is 14.4 Å². The summed E-state index contributed by atoms with van der Waals surface area (Å²) in [6.45, 7) is 9.39. The third kappa shape index (κ3) is 5.08. The summed E-state index contributed by atoms with van der Waals surface area (Å²) in [5, 5.41) is 16.4. The first kappa shape index (κ1) is 17.5. The standard InChI is InChI=1S/C18H26N2O3/c1-13-17(14(2)23-20-13)12-22-16-7-5-15(6-8-16)11-19-18(3,4)9-10-21/h5-8,19,21H,9-12H2,1-4H3. The maximum Gasteiger partial charge on any atom is 0.140 e. The topological polar surface area (TPSA) is 67.5 Å². The van der Waals surface area contributed by atoms with E-state index in [1.165, 1.54) is 5.56 Å². The molecule has 0 aliphatic heterocycles. The first-order chi connectivity index (χ1) is 10.9. The molecule has 2 aromatic rings. The van der Waals surface area contributed by atoms with Crippen molar-refractivity contribution in [3.8, 4) is 5.75 Å². The van der Waals surface area contributed by atoms with Crippen LogP contribution in [0.4, 0.5) is 0 Å². The highest BCUT2D eigenvalue weighted by Crippen LogP contribution is 2.18. The summed E-state index contributed by atoms with van der Waals surface area (Å²) in [5.74, 6) is 1.62. The van der Waals surface area contributed by atoms with Crippen molar-refractivity contribution in [2.45, 2.75) is 52.8 Å². The van der Waals surface area contributed by atoms with Crippen molar-refractivity contribution in [2.24, 2.45) is 0 Å². The molecule has 0 saturated heterocycles. The van der Waals surface area contributed by atoms with Gasteiger partial charge < -0.3 is 19.7 Å². The minimum absolute atomic E-state index is 0.0761. The molecule has 0 bridgehead atoms. The van der Waals surface area contributed by atoms with Crippen molar-refractivity contribution in [2.75, 3.05) is 6.61 Å². The lowest BCUT2D eigenvalue weighted by Crippen LogP contribution is -2.39. The van der Waals surface area contributed by atoms with Crippen LogP contribution < -0.4 is 10.1 Å². The van der Waals surface area contributed by atoms with Gasteiger partial charge in [0.1, 0.15) is 18.1 Å². The largest absolute Gasteiger partial charge is 0.489 e. The molecule has 0 atom stereocenters. The molecule has 23 heavy (non-hydrogen) atoms. The molecule has 126 valence electrons. The number of hydrogen-bond donors (Lipinski definition) is 2. The van der Waals surface area contributed by atoms with Gasteiger partial charge in [0.15, 0.2) is 0 Å². The molecule has 0 unspecified atom stereocenters. The number of nitrogens with one attached hydrogen (secondary N) is 1. The van der Waals surface area contributed by atoms with Gasteiger partial charge in [-0.1, -0.05) is 17.3 Å². The second kappa shape index (κ2) is 7.62. The van der Waals surface area contributed by atoms with Gasteiger partial charge >= 0.3 is 0 Å². The van der Waals surface area contributed by atoms with E-state index in [0.29, 0.717) is 6.61 Å². The third-order valence-corrected chi connectivity index (χ3v) is 4.00. The maximum absolute atomic E-state index is 9.04. The van der Waals surface area contributed by atoms with Gasteiger partial charge in [-0.2, -0.15) is 0 Å². The predicted molar refractivity (Wildman–Crippen MR) is 89.4 cm³/mol. The molecule has 0 saturated carbocycles. The second-order valence-electron chi connectivity index (χ2n) is 6.45. The summed E-state index contributed by atoms with van der Waals surface area (Å²) in [7, 11) is 0. The lowest BCUT2D eigenvalue weighted by Gasteiger charge is -2.25. The molecule has 1 aromatic heterocycles. The van der Waals surface area contributed by atoms with Crippen LogP contribution in [0.5, 0.6) is 5.75 Å². The molecule has 1 heterocycles. The molecule has 0 radical (unpaired) electrons. The van der Waals surface area contributed by atoms with Crippen molar-refractivity contribution in [1.82, 2.24) is 10.5 Å². The number of aromatic nitrogens is 1. The molecule has 0 fully saturated rings. The summed E-state index contributed by atoms with van der Waals surface area (Å²) in [6, 6.07) is 8.03. The lowest BCUT2D eigenvalue weighted by atomic mass is 10.0. The molecule has 0 aliphatic rings. The number of hydrogen-bond acceptors (Lipinski definition) is 5. The summed E-state index contributed by atoms with van der Waals surface area (Å²) >= 11 is 0. The Morgan fingerprint density at radius 1 is 1.22 bits per heavy atom. The molecular weight excluding hydrogens is 292 g/mol. The normalized spacial score (nSPS) is 11.7. The van der Waals surface area contributed by atoms with E-state index in [0.717, 1.165) is 35.7 Å². The maximum atomic E-state index is 9.04. The van der Waals surface area contributed by atoms with Crippen molar-refractivity contribution in [3.63, 3.8) is 0 Å². The monoisotopic (exact) mass is 318 g/mol. The molecule has 2 N–H and O–H groups in total. The van der Waals surface area contributed by atoms with Crippen LogP contribution in [0.1, 0.15) is 42.8 Å². The van der Waals surface area contributed by atoms with E-state index in [9.17, 15) is 0 Å². The Kier molecular flexibility index (Phi) is 5.80. The van der Waals surface area contributed by atoms with Crippen LogP contribution in [0.15, 0.2) is 28.8 Å². The number of nitrogens with zero attached hydrogens (tertiary/aromatic N) is 1. The van der Waals surface area contributed by atoms with Gasteiger partial charge in [0.2, 0.25) is 0 Å². The Morgan fingerprint density at radius 2 is 1.91 bits per heavy atom. The molecular formula is C18H26N2O3. The minimum atomic E-state index is -0.0761. The molecule has 1 aromatic carbocycles. The first-order valence-electron chi connectivity index (χ1n) is 7.90. The highest BCUT2D eigenvalue weighted by Gasteiger charge is 2.15. The summed E-state index contributed by atoms with van der Waals surface area (Å²) in [6.07, 6.45) is 0.728. The van der Waals surface area contributed by atoms with Crippen LogP contribution in [0.25, 0.3) is 0 Å². The van der Waals surface area contributed by atoms with Crippen LogP contribution in [0.2, 0.25) is 0 Å². The first-order valence-corrected chi connectivity index (χ1v) is 7.90. The van der Waals surface area contributed by atoms with Gasteiger partial charge in [-0.3, -0.25) is 0 Å². The molecule has 5 nitrogen and oxygen atoms in total. The Balaban J connectivity index is 1.87. The van der Waals surface area contributed by atoms with Crippen LogP contribution >= 0.6 is 0 Å². The second-order valence-corrected chi connectivity index (χ2v) is 6.45. The third-order valence-electron chi connectivity index (χ3n) is 4.00. The Labute approximate surface area is 137 Å². The smallest absolute Gasteiger partial charge is 0.140 e. The SMILES string of the molecule is Cc1noc(C)c1COc1ccc(CNC(C)(C)CCO)cc1. The fraction of sp³-hybridized carbons (Fsp3) is 0.500. The molecule has 0 spiro atoms. The van der Waals surface area contributed by atoms with E-state index in [-0.39, 0.29) is 12.1 Å². The van der Waals surface area contributed by atoms with E-state index in [2.05, 4.69) is 24.3 Å². The zero-order valence-electron chi connectivity index (χ0n) is 14.3. The van der Waals surface area contributed by atoms with Crippen molar-refractivity contribution in [3.05, 3.63) is 46.8 Å². The zero-order valence-corrected chi connectivity index (χ0v) is 14.3. The van der Waals surface area contributed by atoms with Crippen molar-refractivity contribution in [1.29, 1.82) is 0 Å². The van der Waals surface area contributed by atoms with E-state index >= 15 is 0 Å². The van der Waals surface area contributed by atoms with Crippen LogP contribution in [0, 0.1) is 13.8 Å². The van der Waals surface area contributed by atoms with Crippen molar-refractivity contribution >= 4 is 0 Å². The summed E-state index contributed by atoms with van der Waals surface area (Å²) < 4.78 is 10.9. The fourth-order valence-electron chi connectivity index (χ4n) is 2.28. The predicted octanol–water partition coefficient (Wildman–Crippen LogP) is 3.12. The van der Waals surface area contributed by atoms with Crippen LogP contribution in [-0.4, -0.2) is 22.4 Å². The highest BCUT2D eigenvalue weighted by molar-refractivity contribution is 5.28. The molecule has 0 amide bonds. The van der Waals surface area contributed by atoms with Gasteiger partial charge in [0.25, 0.3) is 0 Å². The van der Waals surface area contributed by atoms with Crippen LogP contribution in [-0.2, 0) is 13.2 Å². The Bertz CT molecular complexity index is 598. The van der Waals surface area contributed by atoms with E-state index in [1.54, 1.807) is 0 Å². The summed E-state index contributed by atoms with van der Waals surface area (Å²) in [4.78, 5) is 0. The average molecular weight is 318 g/mol. The fourth-order valence-corrected chi connectivity index (χ4v) is 2.28. The molecule has 5 heteroatoms. The molecule has 0 aliphatic carbocycles. The Morgan fingerprint density at radius 3 is 2.48 bits per heavy atom. The van der Waals surface area contributed by atoms with Gasteiger partial charge in [-0.25, -0.2) is 0 Å². The van der Waals surface area contributed by atoms with Gasteiger partial charge in [0, 0.05) is 18.7 Å². The van der Waals surface area contributed by atoms with E-state index in [1.807, 2.05) is 38.1 Å². The zero-order chi connectivity index (χ0) is 16.9. The number of rotatable bonds is 8.